The topological polar surface area (TPSA) is 235 Å². The minimum absolute atomic E-state index is 0.0328. The number of alkyl halides is 1. The number of aromatic nitrogens is 3. The number of carbonyl (C=O) groups is 4. The first-order valence-electron chi connectivity index (χ1n) is 23.1. The average molecular weight is 964 g/mol. The minimum Gasteiger partial charge on any atom is -0.459 e. The third-order valence-corrected chi connectivity index (χ3v) is 14.8. The Morgan fingerprint density at radius 1 is 1.09 bits per heavy atom. The molecule has 0 spiro atoms. The number of nitrogens with zero attached hydrogens (tertiary/aromatic N) is 5. The van der Waals surface area contributed by atoms with Gasteiger partial charge in [0, 0.05) is 55.9 Å². The Labute approximate surface area is 393 Å². The highest BCUT2D eigenvalue weighted by molar-refractivity contribution is 7.90. The van der Waals surface area contributed by atoms with Gasteiger partial charge in [-0.2, -0.15) is 0 Å². The van der Waals surface area contributed by atoms with Gasteiger partial charge in [0.1, 0.15) is 43.6 Å². The number of benzene rings is 1. The average Bonchev–Trinajstić information content (AvgIpc) is 3.74. The Hall–Kier alpha value is -3.89. The molecule has 374 valence electrons. The number of sulfone groups is 1. The van der Waals surface area contributed by atoms with Crippen molar-refractivity contribution in [2.45, 2.75) is 159 Å². The van der Waals surface area contributed by atoms with Crippen LogP contribution in [-0.2, 0) is 65.5 Å². The van der Waals surface area contributed by atoms with Crippen LogP contribution in [0.1, 0.15) is 98.9 Å². The zero-order chi connectivity index (χ0) is 49.8. The van der Waals surface area contributed by atoms with E-state index in [1.807, 2.05) is 25.8 Å². The molecule has 14 atom stereocenters. The largest absolute Gasteiger partial charge is 0.459 e. The zero-order valence-electron chi connectivity index (χ0n) is 40.6. The first-order chi connectivity index (χ1) is 31.3. The zero-order valence-corrected chi connectivity index (χ0v) is 41.4. The molecule has 0 radical (unpaired) electrons. The quantitative estimate of drug-likeness (QED) is 0.229. The molecule has 1 amide bonds. The minimum atomic E-state index is -3.38. The maximum Gasteiger partial charge on any atom is 0.316 e. The molecule has 20 heteroatoms. The number of hydrogen-bond donors (Lipinski definition) is 2. The lowest BCUT2D eigenvalue weighted by atomic mass is 9.73. The van der Waals surface area contributed by atoms with E-state index in [1.165, 1.54) is 37.6 Å². The van der Waals surface area contributed by atoms with Gasteiger partial charge >= 0.3 is 5.97 Å². The fourth-order valence-corrected chi connectivity index (χ4v) is 10.5. The van der Waals surface area contributed by atoms with E-state index in [0.717, 1.165) is 11.8 Å². The third-order valence-electron chi connectivity index (χ3n) is 13.7. The fraction of sp³-hybridized carbons (Fsp3) is 0.723. The number of halogens is 1. The number of ketones is 2. The molecule has 67 heavy (non-hydrogen) atoms. The van der Waals surface area contributed by atoms with E-state index in [-0.39, 0.29) is 24.2 Å². The van der Waals surface area contributed by atoms with Gasteiger partial charge in [-0.25, -0.2) is 22.5 Å². The van der Waals surface area contributed by atoms with E-state index in [4.69, 9.17) is 23.7 Å². The van der Waals surface area contributed by atoms with Crippen molar-refractivity contribution >= 4 is 39.0 Å². The fourth-order valence-electron chi connectivity index (χ4n) is 9.90. The highest BCUT2D eigenvalue weighted by Gasteiger charge is 2.53. The molecule has 0 aliphatic carbocycles. The van der Waals surface area contributed by atoms with Gasteiger partial charge in [0.15, 0.2) is 27.7 Å². The number of fused-ring (bicyclic) bond motifs is 5. The first kappa shape index (κ1) is 54.1. The lowest BCUT2D eigenvalue weighted by Crippen LogP contribution is -2.60. The molecule has 3 fully saturated rings. The number of aliphatic imine (C=N–C) groups is 1. The summed E-state index contributed by atoms with van der Waals surface area (Å²) in [6.07, 6.45) is -2.77. The van der Waals surface area contributed by atoms with Crippen LogP contribution in [0.2, 0.25) is 0 Å². The van der Waals surface area contributed by atoms with E-state index < -0.39 is 137 Å². The predicted molar refractivity (Wildman–Crippen MR) is 243 cm³/mol. The second kappa shape index (κ2) is 22.2. The molecule has 5 rings (SSSR count). The third kappa shape index (κ3) is 12.9. The number of esters is 1. The van der Waals surface area contributed by atoms with E-state index in [2.05, 4.69) is 15.3 Å². The van der Waals surface area contributed by atoms with Crippen molar-refractivity contribution in [2.75, 3.05) is 39.7 Å². The molecule has 3 aliphatic rings. The molecule has 3 saturated heterocycles. The van der Waals surface area contributed by atoms with Crippen LogP contribution in [-0.4, -0.2) is 161 Å². The van der Waals surface area contributed by atoms with Crippen LogP contribution in [0.4, 0.5) is 4.39 Å². The summed E-state index contributed by atoms with van der Waals surface area (Å²) >= 11 is 0. The molecule has 2 N–H and O–H groups in total. The number of rotatable bonds is 12. The number of carbonyl (C=O) groups excluding carboxylic acids is 4. The molecule has 0 saturated carbocycles. The molecule has 1 aromatic carbocycles. The Bertz CT molecular complexity index is 2200. The van der Waals surface area contributed by atoms with Gasteiger partial charge in [-0.15, -0.1) is 5.10 Å². The first-order valence-corrected chi connectivity index (χ1v) is 25.0. The number of Topliss-reactive ketones (excluding diaryl/α,β-unsaturated/α-hetero) is 2. The lowest BCUT2D eigenvalue weighted by Gasteiger charge is -2.47. The summed E-state index contributed by atoms with van der Waals surface area (Å²) < 4.78 is 71.2. The molecule has 18 nitrogen and oxygen atoms in total. The van der Waals surface area contributed by atoms with Gasteiger partial charge in [0.2, 0.25) is 5.91 Å². The number of aliphatic hydroxyl groups is 2. The number of ether oxygens (including phenoxy) is 5. The molecule has 0 unspecified atom stereocenters. The van der Waals surface area contributed by atoms with Crippen molar-refractivity contribution in [3.8, 4) is 0 Å². The highest BCUT2D eigenvalue weighted by atomic mass is 32.2. The van der Waals surface area contributed by atoms with E-state index in [1.54, 1.807) is 46.0 Å². The van der Waals surface area contributed by atoms with E-state index in [9.17, 15) is 42.2 Å². The maximum atomic E-state index is 14.5. The van der Waals surface area contributed by atoms with Crippen LogP contribution >= 0.6 is 0 Å². The number of hydrogen-bond acceptors (Lipinski definition) is 16. The summed E-state index contributed by atoms with van der Waals surface area (Å²) in [6.45, 7) is 13.1. The number of cyclic esters (lactones) is 1. The van der Waals surface area contributed by atoms with Crippen molar-refractivity contribution in [2.24, 2.45) is 28.7 Å². The van der Waals surface area contributed by atoms with Crippen molar-refractivity contribution < 1.29 is 65.9 Å². The molecule has 1 aromatic heterocycles. The smallest absolute Gasteiger partial charge is 0.316 e. The predicted octanol–water partition coefficient (Wildman–Crippen LogP) is 3.48. The highest BCUT2D eigenvalue weighted by Crippen LogP contribution is 2.40. The monoisotopic (exact) mass is 963 g/mol. The van der Waals surface area contributed by atoms with Crippen molar-refractivity contribution in [3.63, 3.8) is 0 Å². The van der Waals surface area contributed by atoms with Crippen LogP contribution < -0.4 is 0 Å². The molecule has 2 bridgehead atoms. The normalized spacial score (nSPS) is 35.1. The van der Waals surface area contributed by atoms with Crippen LogP contribution in [0.5, 0.6) is 0 Å². The SMILES string of the molecule is CC[C@H]1OC(=O)[C@H](C)C(=O)[C@H](C)[C@@H](O[C@@H]2O[C@H](C)C[C@H](N(C)CCc3cn([C@H](CF)Cc4ccc(S(C)(=O)=O)cc4)nn3)[C@H]2O)[C@@]2(C)C[C@@H](C)/C(=N\C(C)=O)[C@H](C)[C@@H](OCC(=O)CO2)[C@]1(C)O. The van der Waals surface area contributed by atoms with Crippen LogP contribution in [0.15, 0.2) is 40.4 Å². The molecular weight excluding hydrogens is 894 g/mol. The van der Waals surface area contributed by atoms with Gasteiger partial charge in [-0.05, 0) is 84.0 Å². The van der Waals surface area contributed by atoms with Gasteiger partial charge in [0.05, 0.1) is 40.5 Å². The molecule has 3 aliphatic heterocycles. The number of likely N-dealkylation sites (N-methyl/N-ethyl adjacent to an activating group) is 1. The summed E-state index contributed by atoms with van der Waals surface area (Å²) in [4.78, 5) is 61.2. The van der Waals surface area contributed by atoms with Crippen molar-refractivity contribution in [1.29, 1.82) is 0 Å². The summed E-state index contributed by atoms with van der Waals surface area (Å²) in [5.74, 6) is -6.34. The number of aliphatic hydroxyl groups excluding tert-OH is 1. The molecule has 4 heterocycles. The van der Waals surface area contributed by atoms with Gasteiger partial charge < -0.3 is 38.8 Å². The second-order valence-corrected chi connectivity index (χ2v) is 21.3. The van der Waals surface area contributed by atoms with Crippen molar-refractivity contribution in [1.82, 2.24) is 19.9 Å². The maximum absolute atomic E-state index is 14.5. The van der Waals surface area contributed by atoms with Crippen LogP contribution in [0.25, 0.3) is 0 Å². The summed E-state index contributed by atoms with van der Waals surface area (Å²) in [5.41, 5.74) is -1.80. The van der Waals surface area contributed by atoms with E-state index in [0.29, 0.717) is 30.8 Å². The van der Waals surface area contributed by atoms with Gasteiger partial charge in [0.25, 0.3) is 0 Å². The molecule has 2 aromatic rings. The standard InChI is InChI=1S/C47H70FN5O13S/c1-12-38-47(9,59)43-28(4)39(49-31(7)54)26(2)21-46(8,63-25-35(55)24-62-43)42(29(5)40(56)30(6)44(58)65-38)66-45-41(57)37(19-27(3)64-45)52(10)18-17-33-23-53(51-50-33)34(22-48)20-32-13-15-36(16-14-32)67(11,60)61/h13-16,23,26-30,34,37-38,41-43,45,57,59H,12,17-22,24-25H2,1-11H3/b49-39+/t26-,27-,28+,29+,30-,34+,37+,38-,41-,42-,43-,45+,46-,47-/m1/s1. The molecular formula is C47H70FN5O13S. The van der Waals surface area contributed by atoms with Crippen molar-refractivity contribution in [3.05, 3.63) is 41.7 Å². The Kier molecular flexibility index (Phi) is 17.9. The summed E-state index contributed by atoms with van der Waals surface area (Å²) in [5, 5.41) is 32.7. The van der Waals surface area contributed by atoms with E-state index >= 15 is 0 Å². The lowest BCUT2D eigenvalue weighted by molar-refractivity contribution is -0.297. The Morgan fingerprint density at radius 3 is 2.37 bits per heavy atom. The summed E-state index contributed by atoms with van der Waals surface area (Å²) in [7, 11) is -1.55. The van der Waals surface area contributed by atoms with Gasteiger partial charge in [-0.3, -0.25) is 19.2 Å². The number of amides is 1. The Balaban J connectivity index is 1.43. The van der Waals surface area contributed by atoms with Gasteiger partial charge in [-0.1, -0.05) is 45.0 Å². The summed E-state index contributed by atoms with van der Waals surface area (Å²) in [6, 6.07) is 5.06. The second-order valence-electron chi connectivity index (χ2n) is 19.3. The van der Waals surface area contributed by atoms with Crippen LogP contribution in [0.3, 0.4) is 0 Å². The Morgan fingerprint density at radius 2 is 1.76 bits per heavy atom. The van der Waals surface area contributed by atoms with Crippen LogP contribution in [0, 0.1) is 23.7 Å².